The molecule has 4 heteroatoms. The van der Waals surface area contributed by atoms with Crippen LogP contribution in [0.2, 0.25) is 0 Å². The fourth-order valence-electron chi connectivity index (χ4n) is 3.51. The number of aryl methyl sites for hydroxylation is 1. The number of hydrogen-bond acceptors (Lipinski definition) is 2. The van der Waals surface area contributed by atoms with Crippen LogP contribution < -0.4 is 4.90 Å². The lowest BCUT2D eigenvalue weighted by atomic mass is 9.92. The van der Waals surface area contributed by atoms with Crippen LogP contribution in [0.1, 0.15) is 31.2 Å². The topological polar surface area (TPSA) is 57.6 Å². The Hall–Kier alpha value is -1.84. The van der Waals surface area contributed by atoms with E-state index in [1.807, 2.05) is 23.1 Å². The molecule has 1 fully saturated rings. The third-order valence-corrected chi connectivity index (χ3v) is 4.53. The molecule has 1 saturated carbocycles. The summed E-state index contributed by atoms with van der Waals surface area (Å²) >= 11 is 0. The van der Waals surface area contributed by atoms with Crippen molar-refractivity contribution in [2.75, 3.05) is 11.4 Å². The summed E-state index contributed by atoms with van der Waals surface area (Å²) in [6.45, 7) is 0.707. The van der Waals surface area contributed by atoms with Gasteiger partial charge in [-0.05, 0) is 37.3 Å². The zero-order chi connectivity index (χ0) is 14.1. The molecule has 2 atom stereocenters. The number of aliphatic carboxylic acids is 1. The summed E-state index contributed by atoms with van der Waals surface area (Å²) in [6.07, 6.45) is 4.11. The third-order valence-electron chi connectivity index (χ3n) is 4.53. The molecule has 1 aliphatic heterocycles. The van der Waals surface area contributed by atoms with Crippen molar-refractivity contribution in [2.24, 2.45) is 11.8 Å². The first-order valence-electron chi connectivity index (χ1n) is 7.30. The number of carbonyl (C=O) groups is 2. The average molecular weight is 273 g/mol. The molecule has 0 aromatic heterocycles. The zero-order valence-corrected chi connectivity index (χ0v) is 11.4. The van der Waals surface area contributed by atoms with E-state index in [0.29, 0.717) is 19.4 Å². The lowest BCUT2D eigenvalue weighted by Crippen LogP contribution is -2.42. The van der Waals surface area contributed by atoms with Crippen LogP contribution in [0, 0.1) is 11.8 Å². The Bertz CT molecular complexity index is 540. The van der Waals surface area contributed by atoms with Crippen LogP contribution in [0.5, 0.6) is 0 Å². The van der Waals surface area contributed by atoms with E-state index in [0.717, 1.165) is 24.9 Å². The van der Waals surface area contributed by atoms with Gasteiger partial charge in [0, 0.05) is 12.2 Å². The van der Waals surface area contributed by atoms with Crippen LogP contribution in [0.15, 0.2) is 24.3 Å². The van der Waals surface area contributed by atoms with Crippen molar-refractivity contribution in [1.29, 1.82) is 0 Å². The summed E-state index contributed by atoms with van der Waals surface area (Å²) < 4.78 is 0. The Kier molecular flexibility index (Phi) is 3.47. The maximum atomic E-state index is 12.7. The summed E-state index contributed by atoms with van der Waals surface area (Å²) in [6, 6.07) is 7.95. The zero-order valence-electron chi connectivity index (χ0n) is 11.4. The van der Waals surface area contributed by atoms with E-state index in [1.165, 1.54) is 5.56 Å². The molecule has 1 aliphatic carbocycles. The van der Waals surface area contributed by atoms with Gasteiger partial charge in [0.05, 0.1) is 11.8 Å². The predicted octanol–water partition coefficient (Wildman–Crippen LogP) is 2.47. The molecule has 1 aromatic rings. The van der Waals surface area contributed by atoms with Crippen molar-refractivity contribution in [3.8, 4) is 0 Å². The molecule has 2 unspecified atom stereocenters. The fraction of sp³-hybridized carbons (Fsp3) is 0.500. The number of carboxylic acid groups (broad SMARTS) is 1. The molecule has 106 valence electrons. The van der Waals surface area contributed by atoms with E-state index in [9.17, 15) is 14.7 Å². The third kappa shape index (κ3) is 2.19. The number of nitrogens with zero attached hydrogens (tertiary/aromatic N) is 1. The second-order valence-electron chi connectivity index (χ2n) is 5.70. The highest BCUT2D eigenvalue weighted by Crippen LogP contribution is 2.36. The molecule has 2 aliphatic rings. The molecule has 20 heavy (non-hydrogen) atoms. The normalized spacial score (nSPS) is 25.3. The van der Waals surface area contributed by atoms with Crippen molar-refractivity contribution < 1.29 is 14.7 Å². The second-order valence-corrected chi connectivity index (χ2v) is 5.70. The highest BCUT2D eigenvalue weighted by molar-refractivity contribution is 5.98. The van der Waals surface area contributed by atoms with Crippen LogP contribution in [-0.4, -0.2) is 23.5 Å². The Labute approximate surface area is 118 Å². The van der Waals surface area contributed by atoms with E-state index in [2.05, 4.69) is 6.07 Å². The molecule has 4 nitrogen and oxygen atoms in total. The van der Waals surface area contributed by atoms with Crippen molar-refractivity contribution in [1.82, 2.24) is 0 Å². The van der Waals surface area contributed by atoms with Crippen LogP contribution in [-0.2, 0) is 16.0 Å². The highest BCUT2D eigenvalue weighted by atomic mass is 16.4. The van der Waals surface area contributed by atoms with Gasteiger partial charge in [-0.1, -0.05) is 24.6 Å². The first-order chi connectivity index (χ1) is 9.68. The maximum absolute atomic E-state index is 12.7. The van der Waals surface area contributed by atoms with E-state index in [4.69, 9.17) is 0 Å². The number of amides is 1. The molecule has 0 radical (unpaired) electrons. The molecule has 0 spiro atoms. The van der Waals surface area contributed by atoms with Crippen LogP contribution in [0.4, 0.5) is 5.69 Å². The van der Waals surface area contributed by atoms with Crippen molar-refractivity contribution >= 4 is 17.6 Å². The van der Waals surface area contributed by atoms with Gasteiger partial charge >= 0.3 is 5.97 Å². The second kappa shape index (κ2) is 5.27. The molecular weight excluding hydrogens is 254 g/mol. The number of hydrogen-bond donors (Lipinski definition) is 1. The molecular formula is C16H19NO3. The van der Waals surface area contributed by atoms with Gasteiger partial charge in [-0.15, -0.1) is 0 Å². The van der Waals surface area contributed by atoms with E-state index < -0.39 is 11.9 Å². The van der Waals surface area contributed by atoms with Gasteiger partial charge in [0.1, 0.15) is 0 Å². The number of para-hydroxylation sites is 1. The van der Waals surface area contributed by atoms with E-state index in [-0.39, 0.29) is 11.8 Å². The summed E-state index contributed by atoms with van der Waals surface area (Å²) in [5.74, 6) is -1.68. The molecule has 0 saturated heterocycles. The van der Waals surface area contributed by atoms with Gasteiger partial charge < -0.3 is 10.0 Å². The first kappa shape index (κ1) is 13.2. The Morgan fingerprint density at radius 1 is 1.10 bits per heavy atom. The minimum atomic E-state index is -0.828. The molecule has 1 heterocycles. The standard InChI is InChI=1S/C16H19NO3/c18-15(12-7-3-8-13(12)16(19)20)17-10-4-6-11-5-1-2-9-14(11)17/h1-2,5,9,12-13H,3-4,6-8,10H2,(H,19,20). The summed E-state index contributed by atoms with van der Waals surface area (Å²) in [5, 5.41) is 9.26. The van der Waals surface area contributed by atoms with Crippen LogP contribution in [0.25, 0.3) is 0 Å². The van der Waals surface area contributed by atoms with Crippen molar-refractivity contribution in [3.05, 3.63) is 29.8 Å². The van der Waals surface area contributed by atoms with E-state index in [1.54, 1.807) is 0 Å². The van der Waals surface area contributed by atoms with E-state index >= 15 is 0 Å². The van der Waals surface area contributed by atoms with Crippen molar-refractivity contribution in [2.45, 2.75) is 32.1 Å². The lowest BCUT2D eigenvalue weighted by molar-refractivity contribution is -0.145. The highest BCUT2D eigenvalue weighted by Gasteiger charge is 2.40. The quantitative estimate of drug-likeness (QED) is 0.900. The Morgan fingerprint density at radius 2 is 1.85 bits per heavy atom. The first-order valence-corrected chi connectivity index (χ1v) is 7.30. The number of carbonyl (C=O) groups excluding carboxylic acids is 1. The summed E-state index contributed by atoms with van der Waals surface area (Å²) in [7, 11) is 0. The predicted molar refractivity (Wildman–Crippen MR) is 75.6 cm³/mol. The Morgan fingerprint density at radius 3 is 2.65 bits per heavy atom. The van der Waals surface area contributed by atoms with Gasteiger partial charge in [-0.2, -0.15) is 0 Å². The van der Waals surface area contributed by atoms with Crippen LogP contribution >= 0.6 is 0 Å². The molecule has 1 amide bonds. The minimum absolute atomic E-state index is 0.00190. The molecule has 1 aromatic carbocycles. The van der Waals surface area contributed by atoms with Gasteiger partial charge in [-0.3, -0.25) is 9.59 Å². The number of carboxylic acids is 1. The molecule has 1 N–H and O–H groups in total. The minimum Gasteiger partial charge on any atom is -0.481 e. The Balaban J connectivity index is 1.87. The van der Waals surface area contributed by atoms with Crippen molar-refractivity contribution in [3.63, 3.8) is 0 Å². The van der Waals surface area contributed by atoms with Gasteiger partial charge in [-0.25, -0.2) is 0 Å². The number of fused-ring (bicyclic) bond motifs is 1. The van der Waals surface area contributed by atoms with Crippen LogP contribution in [0.3, 0.4) is 0 Å². The monoisotopic (exact) mass is 273 g/mol. The van der Waals surface area contributed by atoms with Gasteiger partial charge in [0.15, 0.2) is 0 Å². The fourth-order valence-corrected chi connectivity index (χ4v) is 3.51. The maximum Gasteiger partial charge on any atom is 0.307 e. The van der Waals surface area contributed by atoms with Gasteiger partial charge in [0.2, 0.25) is 5.91 Å². The lowest BCUT2D eigenvalue weighted by Gasteiger charge is -2.32. The smallest absolute Gasteiger partial charge is 0.307 e. The number of benzene rings is 1. The largest absolute Gasteiger partial charge is 0.481 e. The average Bonchev–Trinajstić information content (AvgIpc) is 2.95. The number of anilines is 1. The molecule has 0 bridgehead atoms. The SMILES string of the molecule is O=C(O)C1CCCC1C(=O)N1CCCc2ccccc21. The summed E-state index contributed by atoms with van der Waals surface area (Å²) in [5.41, 5.74) is 2.16. The van der Waals surface area contributed by atoms with Gasteiger partial charge in [0.25, 0.3) is 0 Å². The number of rotatable bonds is 2. The summed E-state index contributed by atoms with van der Waals surface area (Å²) in [4.78, 5) is 25.8. The molecule has 3 rings (SSSR count).